The van der Waals surface area contributed by atoms with E-state index < -0.39 is 10.0 Å². The van der Waals surface area contributed by atoms with Crippen molar-refractivity contribution in [3.8, 4) is 0 Å². The molecule has 0 spiro atoms. The van der Waals surface area contributed by atoms with Crippen LogP contribution in [0.5, 0.6) is 0 Å². The molecular formula is C10H22N2O2S. The molecule has 2 atom stereocenters. The molecule has 1 N–H and O–H groups in total. The summed E-state index contributed by atoms with van der Waals surface area (Å²) in [4.78, 5) is 2.37. The zero-order valence-electron chi connectivity index (χ0n) is 9.86. The average molecular weight is 234 g/mol. The maximum absolute atomic E-state index is 11.1. The Morgan fingerprint density at radius 3 is 2.73 bits per heavy atom. The fraction of sp³-hybridized carbons (Fsp3) is 1.00. The van der Waals surface area contributed by atoms with Gasteiger partial charge in [0.2, 0.25) is 10.0 Å². The Morgan fingerprint density at radius 2 is 2.20 bits per heavy atom. The summed E-state index contributed by atoms with van der Waals surface area (Å²) >= 11 is 0. The summed E-state index contributed by atoms with van der Waals surface area (Å²) in [6.45, 7) is 6.26. The van der Waals surface area contributed by atoms with E-state index in [-0.39, 0.29) is 6.04 Å². The zero-order chi connectivity index (χ0) is 11.5. The number of hydrogen-bond donors (Lipinski definition) is 1. The minimum absolute atomic E-state index is 0.110. The molecule has 15 heavy (non-hydrogen) atoms. The maximum Gasteiger partial charge on any atom is 0.208 e. The second-order valence-electron chi connectivity index (χ2n) is 4.51. The summed E-state index contributed by atoms with van der Waals surface area (Å²) in [7, 11) is -3.05. The molecule has 1 saturated heterocycles. The van der Waals surface area contributed by atoms with Crippen LogP contribution in [-0.2, 0) is 10.0 Å². The van der Waals surface area contributed by atoms with Gasteiger partial charge in [0.25, 0.3) is 0 Å². The molecule has 0 radical (unpaired) electrons. The van der Waals surface area contributed by atoms with Crippen LogP contribution in [0.4, 0.5) is 0 Å². The van der Waals surface area contributed by atoms with Crippen molar-refractivity contribution in [3.05, 3.63) is 0 Å². The monoisotopic (exact) mass is 234 g/mol. The lowest BCUT2D eigenvalue weighted by Crippen LogP contribution is -2.38. The Morgan fingerprint density at radius 1 is 1.53 bits per heavy atom. The molecule has 1 aliphatic heterocycles. The van der Waals surface area contributed by atoms with Crippen molar-refractivity contribution in [2.24, 2.45) is 0 Å². The van der Waals surface area contributed by atoms with Crippen LogP contribution in [0.15, 0.2) is 0 Å². The first-order valence-electron chi connectivity index (χ1n) is 5.63. The van der Waals surface area contributed by atoms with Crippen molar-refractivity contribution in [2.75, 3.05) is 19.3 Å². The lowest BCUT2D eigenvalue weighted by molar-refractivity contribution is 0.242. The summed E-state index contributed by atoms with van der Waals surface area (Å²) in [5, 5.41) is 0. The highest BCUT2D eigenvalue weighted by Gasteiger charge is 2.27. The first-order valence-corrected chi connectivity index (χ1v) is 7.53. The molecule has 1 rings (SSSR count). The molecule has 0 aromatic carbocycles. The fourth-order valence-corrected chi connectivity index (χ4v) is 2.98. The van der Waals surface area contributed by atoms with E-state index in [0.717, 1.165) is 19.5 Å². The van der Waals surface area contributed by atoms with E-state index in [0.29, 0.717) is 6.04 Å². The number of likely N-dealkylation sites (tertiary alicyclic amines) is 1. The Bertz CT molecular complexity index is 290. The second-order valence-corrected chi connectivity index (χ2v) is 6.29. The first-order chi connectivity index (χ1) is 6.92. The Kier molecular flexibility index (Phi) is 4.55. The zero-order valence-corrected chi connectivity index (χ0v) is 10.7. The topological polar surface area (TPSA) is 49.4 Å². The minimum atomic E-state index is -3.05. The molecule has 0 aromatic rings. The lowest BCUT2D eigenvalue weighted by atomic mass is 10.2. The molecule has 1 aliphatic rings. The molecule has 0 unspecified atom stereocenters. The highest BCUT2D eigenvalue weighted by molar-refractivity contribution is 7.88. The van der Waals surface area contributed by atoms with E-state index in [4.69, 9.17) is 0 Å². The van der Waals surface area contributed by atoms with Crippen molar-refractivity contribution in [3.63, 3.8) is 0 Å². The number of nitrogens with one attached hydrogen (secondary N) is 1. The van der Waals surface area contributed by atoms with E-state index in [2.05, 4.69) is 23.5 Å². The number of sulfonamides is 1. The quantitative estimate of drug-likeness (QED) is 0.765. The molecule has 0 aliphatic carbocycles. The van der Waals surface area contributed by atoms with Gasteiger partial charge >= 0.3 is 0 Å². The standard InChI is InChI=1S/C10H22N2O2S/c1-4-5-9(2)12-7-6-10(8-12)11-15(3,13)14/h9-11H,4-8H2,1-3H3/t9-,10+/m1/s1. The first kappa shape index (κ1) is 12.9. The molecule has 0 aromatic heterocycles. The molecule has 1 heterocycles. The van der Waals surface area contributed by atoms with Crippen LogP contribution in [0.3, 0.4) is 0 Å². The fourth-order valence-electron chi connectivity index (χ4n) is 2.19. The van der Waals surface area contributed by atoms with Gasteiger partial charge in [-0.3, -0.25) is 4.90 Å². The highest BCUT2D eigenvalue weighted by atomic mass is 32.2. The molecular weight excluding hydrogens is 212 g/mol. The smallest absolute Gasteiger partial charge is 0.208 e. The summed E-state index contributed by atoms with van der Waals surface area (Å²) in [6, 6.07) is 0.681. The summed E-state index contributed by atoms with van der Waals surface area (Å²) in [5.74, 6) is 0. The van der Waals surface area contributed by atoms with Crippen LogP contribution >= 0.6 is 0 Å². The molecule has 5 heteroatoms. The third kappa shape index (κ3) is 4.49. The van der Waals surface area contributed by atoms with Crippen LogP contribution in [0, 0.1) is 0 Å². The van der Waals surface area contributed by atoms with Crippen LogP contribution in [0.25, 0.3) is 0 Å². The molecule has 0 saturated carbocycles. The highest BCUT2D eigenvalue weighted by Crippen LogP contribution is 2.15. The van der Waals surface area contributed by atoms with Crippen LogP contribution in [-0.4, -0.2) is 44.7 Å². The third-order valence-electron chi connectivity index (χ3n) is 2.93. The van der Waals surface area contributed by atoms with E-state index >= 15 is 0 Å². The van der Waals surface area contributed by atoms with Gasteiger partial charge in [-0.1, -0.05) is 13.3 Å². The van der Waals surface area contributed by atoms with Crippen molar-refractivity contribution < 1.29 is 8.42 Å². The van der Waals surface area contributed by atoms with E-state index in [9.17, 15) is 8.42 Å². The van der Waals surface area contributed by atoms with Gasteiger partial charge in [-0.25, -0.2) is 13.1 Å². The minimum Gasteiger partial charge on any atom is -0.299 e. The van der Waals surface area contributed by atoms with Crippen molar-refractivity contribution in [1.29, 1.82) is 0 Å². The Labute approximate surface area is 93.1 Å². The molecule has 0 bridgehead atoms. The van der Waals surface area contributed by atoms with Gasteiger partial charge in [-0.2, -0.15) is 0 Å². The largest absolute Gasteiger partial charge is 0.299 e. The van der Waals surface area contributed by atoms with E-state index in [1.165, 1.54) is 19.1 Å². The van der Waals surface area contributed by atoms with Gasteiger partial charge in [-0.15, -0.1) is 0 Å². The van der Waals surface area contributed by atoms with Gasteiger partial charge in [0.1, 0.15) is 0 Å². The van der Waals surface area contributed by atoms with Crippen molar-refractivity contribution >= 4 is 10.0 Å². The van der Waals surface area contributed by atoms with Gasteiger partial charge in [0.15, 0.2) is 0 Å². The van der Waals surface area contributed by atoms with Gasteiger partial charge in [0.05, 0.1) is 6.26 Å². The van der Waals surface area contributed by atoms with E-state index in [1.807, 2.05) is 0 Å². The summed E-state index contributed by atoms with van der Waals surface area (Å²) < 4.78 is 24.8. The van der Waals surface area contributed by atoms with Gasteiger partial charge in [0, 0.05) is 25.2 Å². The molecule has 4 nitrogen and oxygen atoms in total. The molecule has 1 fully saturated rings. The Hall–Kier alpha value is -0.130. The number of nitrogens with zero attached hydrogens (tertiary/aromatic N) is 1. The predicted molar refractivity (Wildman–Crippen MR) is 62.3 cm³/mol. The van der Waals surface area contributed by atoms with E-state index in [1.54, 1.807) is 0 Å². The van der Waals surface area contributed by atoms with Gasteiger partial charge in [-0.05, 0) is 19.8 Å². The SMILES string of the molecule is CCC[C@@H](C)N1CC[C@H](NS(C)(=O)=O)C1. The molecule has 0 amide bonds. The average Bonchev–Trinajstić information content (AvgIpc) is 2.50. The maximum atomic E-state index is 11.1. The van der Waals surface area contributed by atoms with Crippen LogP contribution < -0.4 is 4.72 Å². The van der Waals surface area contributed by atoms with Crippen LogP contribution in [0.2, 0.25) is 0 Å². The Balaban J connectivity index is 2.39. The second kappa shape index (κ2) is 5.27. The summed E-state index contributed by atoms with van der Waals surface area (Å²) in [6.07, 6.45) is 4.53. The lowest BCUT2D eigenvalue weighted by Gasteiger charge is -2.23. The summed E-state index contributed by atoms with van der Waals surface area (Å²) in [5.41, 5.74) is 0. The predicted octanol–water partition coefficient (Wildman–Crippen LogP) is 0.798. The molecule has 90 valence electrons. The number of rotatable bonds is 5. The van der Waals surface area contributed by atoms with Gasteiger partial charge < -0.3 is 0 Å². The number of hydrogen-bond acceptors (Lipinski definition) is 3. The van der Waals surface area contributed by atoms with Crippen molar-refractivity contribution in [1.82, 2.24) is 9.62 Å². The third-order valence-corrected chi connectivity index (χ3v) is 3.69. The normalized spacial score (nSPS) is 25.7. The van der Waals surface area contributed by atoms with Crippen molar-refractivity contribution in [2.45, 2.75) is 45.2 Å². The van der Waals surface area contributed by atoms with Crippen LogP contribution in [0.1, 0.15) is 33.1 Å².